The second-order valence-electron chi connectivity index (χ2n) is 3.31. The molecule has 0 atom stereocenters. The fourth-order valence-electron chi connectivity index (χ4n) is 1.32. The van der Waals surface area contributed by atoms with E-state index in [-0.39, 0.29) is 34.6 Å². The predicted molar refractivity (Wildman–Crippen MR) is 63.8 cm³/mol. The van der Waals surface area contributed by atoms with E-state index >= 15 is 0 Å². The van der Waals surface area contributed by atoms with Gasteiger partial charge in [0.2, 0.25) is 5.88 Å². The minimum absolute atomic E-state index is 0.0205. The second-order valence-corrected chi connectivity index (χ2v) is 4.10. The van der Waals surface area contributed by atoms with E-state index in [1.54, 1.807) is 6.92 Å². The molecule has 100 valence electrons. The maximum Gasteiger partial charge on any atom is 0.311 e. The molecule has 0 bridgehead atoms. The fraction of sp³-hybridized carbons (Fsp3) is 0.455. The van der Waals surface area contributed by atoms with Crippen LogP contribution in [-0.2, 0) is 16.0 Å². The highest BCUT2D eigenvalue weighted by Gasteiger charge is 2.19. The average molecular weight is 324 g/mol. The predicted octanol–water partition coefficient (Wildman–Crippen LogP) is 2.90. The van der Waals surface area contributed by atoms with Gasteiger partial charge in [0.1, 0.15) is 0 Å². The second kappa shape index (κ2) is 6.63. The summed E-state index contributed by atoms with van der Waals surface area (Å²) in [6.45, 7) is 1.90. The lowest BCUT2D eigenvalue weighted by atomic mass is 10.2. The van der Waals surface area contributed by atoms with Crippen molar-refractivity contribution < 1.29 is 23.0 Å². The lowest BCUT2D eigenvalue weighted by Gasteiger charge is -2.10. The summed E-state index contributed by atoms with van der Waals surface area (Å²) >= 11 is 2.99. The number of alkyl halides is 2. The Morgan fingerprint density at radius 1 is 1.56 bits per heavy atom. The first-order valence-electron chi connectivity index (χ1n) is 5.16. The Labute approximate surface area is 111 Å². The summed E-state index contributed by atoms with van der Waals surface area (Å²) in [6, 6.07) is 1.16. The molecule has 1 rings (SSSR count). The van der Waals surface area contributed by atoms with Gasteiger partial charge in [-0.2, -0.15) is 0 Å². The zero-order valence-electron chi connectivity index (χ0n) is 9.87. The first-order chi connectivity index (χ1) is 8.49. The van der Waals surface area contributed by atoms with Crippen molar-refractivity contribution in [2.75, 3.05) is 13.7 Å². The molecule has 0 aromatic carbocycles. The summed E-state index contributed by atoms with van der Waals surface area (Å²) in [4.78, 5) is 15.2. The van der Waals surface area contributed by atoms with Crippen LogP contribution in [0.2, 0.25) is 0 Å². The maximum absolute atomic E-state index is 12.8. The molecule has 1 aromatic heterocycles. The van der Waals surface area contributed by atoms with Crippen molar-refractivity contribution in [1.29, 1.82) is 0 Å². The number of aromatic nitrogens is 1. The summed E-state index contributed by atoms with van der Waals surface area (Å²) in [5.74, 6) is -0.498. The molecule has 4 nitrogen and oxygen atoms in total. The van der Waals surface area contributed by atoms with E-state index in [0.29, 0.717) is 0 Å². The van der Waals surface area contributed by atoms with Crippen molar-refractivity contribution in [2.45, 2.75) is 19.8 Å². The molecule has 1 aromatic rings. The summed E-state index contributed by atoms with van der Waals surface area (Å²) in [5.41, 5.74) is -0.0788. The molecule has 18 heavy (non-hydrogen) atoms. The smallest absolute Gasteiger partial charge is 0.311 e. The molecule has 0 N–H and O–H groups in total. The Hall–Kier alpha value is -1.24. The average Bonchev–Trinajstić information content (AvgIpc) is 2.31. The molecule has 0 spiro atoms. The molecule has 0 fully saturated rings. The first kappa shape index (κ1) is 14.8. The van der Waals surface area contributed by atoms with Crippen LogP contribution in [0.15, 0.2) is 10.5 Å². The minimum atomic E-state index is -2.68. The monoisotopic (exact) mass is 323 g/mol. The highest BCUT2D eigenvalue weighted by molar-refractivity contribution is 9.10. The first-order valence-corrected chi connectivity index (χ1v) is 5.96. The molecule has 0 amide bonds. The Kier molecular flexibility index (Phi) is 5.46. The van der Waals surface area contributed by atoms with E-state index in [0.717, 1.165) is 6.07 Å². The van der Waals surface area contributed by atoms with E-state index in [2.05, 4.69) is 20.9 Å². The number of carbonyl (C=O) groups excluding carboxylic acids is 1. The Morgan fingerprint density at radius 3 is 2.72 bits per heavy atom. The Morgan fingerprint density at radius 2 is 2.22 bits per heavy atom. The summed E-state index contributed by atoms with van der Waals surface area (Å²) in [5, 5.41) is 0. The third-order valence-corrected chi connectivity index (χ3v) is 2.86. The van der Waals surface area contributed by atoms with Crippen molar-refractivity contribution in [3.8, 4) is 5.88 Å². The number of hydrogen-bond acceptors (Lipinski definition) is 4. The summed E-state index contributed by atoms with van der Waals surface area (Å²) < 4.78 is 35.3. The largest absolute Gasteiger partial charge is 0.480 e. The molecule has 0 aliphatic rings. The van der Waals surface area contributed by atoms with E-state index in [9.17, 15) is 13.6 Å². The van der Waals surface area contributed by atoms with Gasteiger partial charge in [-0.05, 0) is 28.9 Å². The topological polar surface area (TPSA) is 48.4 Å². The van der Waals surface area contributed by atoms with E-state index in [1.807, 2.05) is 0 Å². The third-order valence-electron chi connectivity index (χ3n) is 2.07. The van der Waals surface area contributed by atoms with Crippen molar-refractivity contribution in [3.05, 3.63) is 21.8 Å². The Bertz CT molecular complexity index is 441. The number of nitrogens with zero attached hydrogens (tertiary/aromatic N) is 1. The van der Waals surface area contributed by atoms with Gasteiger partial charge in [-0.1, -0.05) is 0 Å². The SMILES string of the molecule is CCOC(=O)Cc1cc(C(F)F)c(Br)c(OC)n1. The summed E-state index contributed by atoms with van der Waals surface area (Å²) in [6.07, 6.45) is -2.85. The molecule has 0 aliphatic heterocycles. The van der Waals surface area contributed by atoms with Gasteiger partial charge >= 0.3 is 5.97 Å². The Balaban J connectivity index is 3.06. The molecule has 7 heteroatoms. The van der Waals surface area contributed by atoms with Crippen molar-refractivity contribution in [2.24, 2.45) is 0 Å². The molecule has 1 heterocycles. The highest BCUT2D eigenvalue weighted by atomic mass is 79.9. The van der Waals surface area contributed by atoms with Crippen LogP contribution in [0.3, 0.4) is 0 Å². The quantitative estimate of drug-likeness (QED) is 0.782. The molecular formula is C11H12BrF2NO3. The molecule has 0 radical (unpaired) electrons. The van der Waals surface area contributed by atoms with Crippen LogP contribution in [0.25, 0.3) is 0 Å². The van der Waals surface area contributed by atoms with Gasteiger partial charge in [0.25, 0.3) is 6.43 Å². The zero-order chi connectivity index (χ0) is 13.7. The van der Waals surface area contributed by atoms with Crippen molar-refractivity contribution in [1.82, 2.24) is 4.98 Å². The van der Waals surface area contributed by atoms with Crippen LogP contribution in [0.1, 0.15) is 24.6 Å². The number of esters is 1. The molecule has 0 saturated carbocycles. The van der Waals surface area contributed by atoms with Crippen molar-refractivity contribution in [3.63, 3.8) is 0 Å². The molecule has 0 saturated heterocycles. The minimum Gasteiger partial charge on any atom is -0.480 e. The van der Waals surface area contributed by atoms with Crippen LogP contribution in [-0.4, -0.2) is 24.7 Å². The number of halogens is 3. The van der Waals surface area contributed by atoms with Gasteiger partial charge < -0.3 is 9.47 Å². The van der Waals surface area contributed by atoms with Gasteiger partial charge in [-0.25, -0.2) is 13.8 Å². The normalized spacial score (nSPS) is 10.6. The standard InChI is InChI=1S/C11H12BrF2NO3/c1-3-18-8(16)5-6-4-7(10(13)14)9(12)11(15-6)17-2/h4,10H,3,5H2,1-2H3. The number of methoxy groups -OCH3 is 1. The zero-order valence-corrected chi connectivity index (χ0v) is 11.5. The number of carbonyl (C=O) groups is 1. The molecule has 0 unspecified atom stereocenters. The van der Waals surface area contributed by atoms with E-state index in [4.69, 9.17) is 9.47 Å². The van der Waals surface area contributed by atoms with Gasteiger partial charge in [0.15, 0.2) is 0 Å². The lowest BCUT2D eigenvalue weighted by molar-refractivity contribution is -0.142. The van der Waals surface area contributed by atoms with E-state index < -0.39 is 12.4 Å². The van der Waals surface area contributed by atoms with Crippen molar-refractivity contribution >= 4 is 21.9 Å². The van der Waals surface area contributed by atoms with Crippen LogP contribution in [0, 0.1) is 0 Å². The summed E-state index contributed by atoms with van der Waals surface area (Å²) in [7, 11) is 1.32. The number of pyridine rings is 1. The van der Waals surface area contributed by atoms with Gasteiger partial charge in [0.05, 0.1) is 30.3 Å². The van der Waals surface area contributed by atoms with Crippen LogP contribution in [0.5, 0.6) is 5.88 Å². The van der Waals surface area contributed by atoms with Gasteiger partial charge in [-0.3, -0.25) is 4.79 Å². The van der Waals surface area contributed by atoms with Crippen LogP contribution < -0.4 is 4.74 Å². The lowest BCUT2D eigenvalue weighted by Crippen LogP contribution is -2.10. The van der Waals surface area contributed by atoms with Gasteiger partial charge in [0, 0.05) is 5.56 Å². The molecule has 0 aliphatic carbocycles. The number of hydrogen-bond donors (Lipinski definition) is 0. The van der Waals surface area contributed by atoms with Gasteiger partial charge in [-0.15, -0.1) is 0 Å². The number of rotatable bonds is 5. The highest BCUT2D eigenvalue weighted by Crippen LogP contribution is 2.34. The molecular weight excluding hydrogens is 312 g/mol. The van der Waals surface area contributed by atoms with Crippen LogP contribution >= 0.6 is 15.9 Å². The van der Waals surface area contributed by atoms with E-state index in [1.165, 1.54) is 7.11 Å². The van der Waals surface area contributed by atoms with Crippen LogP contribution in [0.4, 0.5) is 8.78 Å². The third kappa shape index (κ3) is 3.63. The fourth-order valence-corrected chi connectivity index (χ4v) is 1.86. The number of ether oxygens (including phenoxy) is 2. The maximum atomic E-state index is 12.8.